The van der Waals surface area contributed by atoms with E-state index in [-0.39, 0.29) is 0 Å². The van der Waals surface area contributed by atoms with Gasteiger partial charge < -0.3 is 0 Å². The van der Waals surface area contributed by atoms with Gasteiger partial charge in [0.05, 0.1) is 17.3 Å². The second-order valence-corrected chi connectivity index (χ2v) is 6.46. The van der Waals surface area contributed by atoms with Crippen molar-refractivity contribution in [3.05, 3.63) is 52.7 Å². The highest BCUT2D eigenvalue weighted by molar-refractivity contribution is 7.09. The Morgan fingerprint density at radius 1 is 1.19 bits per heavy atom. The van der Waals surface area contributed by atoms with Crippen molar-refractivity contribution in [2.75, 3.05) is 6.54 Å². The fraction of sp³-hybridized carbons (Fsp3) is 0.375. The molecule has 0 aliphatic carbocycles. The summed E-state index contributed by atoms with van der Waals surface area (Å²) in [5.74, 6) is 0. The zero-order valence-corrected chi connectivity index (χ0v) is 12.7. The maximum absolute atomic E-state index is 4.54. The lowest BCUT2D eigenvalue weighted by molar-refractivity contribution is 0.137. The van der Waals surface area contributed by atoms with Crippen LogP contribution in [-0.2, 0) is 6.54 Å². The van der Waals surface area contributed by atoms with Gasteiger partial charge in [-0.1, -0.05) is 12.5 Å². The van der Waals surface area contributed by atoms with Crippen LogP contribution in [-0.4, -0.2) is 26.0 Å². The minimum Gasteiger partial charge on any atom is -0.288 e. The van der Waals surface area contributed by atoms with Crippen molar-refractivity contribution in [3.63, 3.8) is 0 Å². The third-order valence-corrected chi connectivity index (χ3v) is 5.09. The lowest BCUT2D eigenvalue weighted by atomic mass is 10.0. The molecule has 3 aromatic heterocycles. The Morgan fingerprint density at radius 3 is 3.10 bits per heavy atom. The highest BCUT2D eigenvalue weighted by Gasteiger charge is 2.26. The van der Waals surface area contributed by atoms with Crippen LogP contribution >= 0.6 is 11.3 Å². The molecule has 0 spiro atoms. The van der Waals surface area contributed by atoms with Crippen molar-refractivity contribution in [3.8, 4) is 0 Å². The highest BCUT2D eigenvalue weighted by Crippen LogP contribution is 2.33. The molecule has 3 aromatic rings. The molecule has 0 radical (unpaired) electrons. The van der Waals surface area contributed by atoms with Crippen molar-refractivity contribution in [1.82, 2.24) is 19.5 Å². The summed E-state index contributed by atoms with van der Waals surface area (Å²) in [6, 6.07) is 8.91. The van der Waals surface area contributed by atoms with Crippen LogP contribution in [0.4, 0.5) is 0 Å². The number of rotatable bonds is 3. The first-order chi connectivity index (χ1) is 10.4. The van der Waals surface area contributed by atoms with Crippen LogP contribution in [0.15, 0.2) is 42.0 Å². The van der Waals surface area contributed by atoms with Gasteiger partial charge in [-0.2, -0.15) is 5.10 Å². The smallest absolute Gasteiger partial charge is 0.110 e. The summed E-state index contributed by atoms with van der Waals surface area (Å²) >= 11 is 1.77. The number of hydrogen-bond donors (Lipinski definition) is 0. The Morgan fingerprint density at radius 2 is 2.19 bits per heavy atom. The summed E-state index contributed by atoms with van der Waals surface area (Å²) < 4.78 is 2.05. The van der Waals surface area contributed by atoms with Crippen molar-refractivity contribution >= 4 is 16.9 Å². The zero-order valence-electron chi connectivity index (χ0n) is 11.9. The van der Waals surface area contributed by atoms with E-state index in [1.165, 1.54) is 30.0 Å². The molecule has 1 aliphatic heterocycles. The normalized spacial score (nSPS) is 20.1. The topological polar surface area (TPSA) is 33.4 Å². The van der Waals surface area contributed by atoms with Gasteiger partial charge in [-0.15, -0.1) is 11.3 Å². The van der Waals surface area contributed by atoms with Gasteiger partial charge in [0.15, 0.2) is 0 Å². The first-order valence-corrected chi connectivity index (χ1v) is 8.35. The van der Waals surface area contributed by atoms with Crippen LogP contribution in [0, 0.1) is 0 Å². The minimum absolute atomic E-state index is 0.463. The van der Waals surface area contributed by atoms with E-state index >= 15 is 0 Å². The van der Waals surface area contributed by atoms with E-state index in [2.05, 4.69) is 44.6 Å². The van der Waals surface area contributed by atoms with Crippen molar-refractivity contribution < 1.29 is 0 Å². The van der Waals surface area contributed by atoms with Crippen molar-refractivity contribution in [2.24, 2.45) is 0 Å². The first-order valence-electron chi connectivity index (χ1n) is 7.47. The third kappa shape index (κ3) is 2.47. The molecular formula is C16H18N4S. The number of hydrogen-bond acceptors (Lipinski definition) is 4. The quantitative estimate of drug-likeness (QED) is 0.742. The van der Waals surface area contributed by atoms with Gasteiger partial charge in [-0.25, -0.2) is 9.50 Å². The van der Waals surface area contributed by atoms with E-state index in [9.17, 15) is 0 Å². The van der Waals surface area contributed by atoms with E-state index in [1.54, 1.807) is 11.3 Å². The van der Waals surface area contributed by atoms with E-state index < -0.39 is 0 Å². The maximum atomic E-state index is 4.54. The molecule has 1 saturated heterocycles. The van der Waals surface area contributed by atoms with E-state index in [0.29, 0.717) is 6.04 Å². The van der Waals surface area contributed by atoms with Gasteiger partial charge in [0.25, 0.3) is 0 Å². The van der Waals surface area contributed by atoms with E-state index in [0.717, 1.165) is 18.6 Å². The molecule has 1 atom stereocenters. The number of pyridine rings is 1. The summed E-state index contributed by atoms with van der Waals surface area (Å²) in [6.07, 6.45) is 7.57. The molecule has 4 nitrogen and oxygen atoms in total. The van der Waals surface area contributed by atoms with Gasteiger partial charge in [0, 0.05) is 24.3 Å². The van der Waals surface area contributed by atoms with Gasteiger partial charge in [-0.05, 0) is 37.6 Å². The predicted molar refractivity (Wildman–Crippen MR) is 84.3 cm³/mol. The molecule has 21 heavy (non-hydrogen) atoms. The second-order valence-electron chi connectivity index (χ2n) is 5.54. The monoisotopic (exact) mass is 298 g/mol. The van der Waals surface area contributed by atoms with E-state index in [4.69, 9.17) is 0 Å². The Labute approximate surface area is 128 Å². The Bertz CT molecular complexity index is 719. The SMILES string of the molecule is c1cc(CN2CCCCC2c2nccs2)n2nccc2c1. The summed E-state index contributed by atoms with van der Waals surface area (Å²) in [5, 5.41) is 7.78. The predicted octanol–water partition coefficient (Wildman–Crippen LogP) is 3.52. The Hall–Kier alpha value is -1.72. The van der Waals surface area contributed by atoms with E-state index in [1.807, 2.05) is 16.9 Å². The van der Waals surface area contributed by atoms with Gasteiger partial charge >= 0.3 is 0 Å². The molecule has 1 aliphatic rings. The number of fused-ring (bicyclic) bond motifs is 1. The Kier molecular flexibility index (Phi) is 3.45. The fourth-order valence-corrected chi connectivity index (χ4v) is 4.00. The average molecular weight is 298 g/mol. The zero-order chi connectivity index (χ0) is 14.1. The summed E-state index contributed by atoms with van der Waals surface area (Å²) in [6.45, 7) is 2.07. The third-order valence-electron chi connectivity index (χ3n) is 4.21. The standard InChI is InChI=1S/C16H18N4S/c1-2-10-19(15(6-1)16-17-9-11-21-16)12-14-5-3-4-13-7-8-18-20(13)14/h3-5,7-9,11,15H,1-2,6,10,12H2. The molecule has 4 heterocycles. The molecule has 0 bridgehead atoms. The summed E-state index contributed by atoms with van der Waals surface area (Å²) in [7, 11) is 0. The molecule has 108 valence electrons. The van der Waals surface area contributed by atoms with Crippen LogP contribution in [0.5, 0.6) is 0 Å². The molecule has 1 unspecified atom stereocenters. The van der Waals surface area contributed by atoms with Gasteiger partial charge in [-0.3, -0.25) is 4.90 Å². The number of aromatic nitrogens is 3. The molecule has 5 heteroatoms. The molecule has 0 saturated carbocycles. The lowest BCUT2D eigenvalue weighted by Crippen LogP contribution is -2.33. The molecule has 0 N–H and O–H groups in total. The van der Waals surface area contributed by atoms with Crippen molar-refractivity contribution in [2.45, 2.75) is 31.8 Å². The maximum Gasteiger partial charge on any atom is 0.110 e. The highest BCUT2D eigenvalue weighted by atomic mass is 32.1. The molecule has 1 fully saturated rings. The number of likely N-dealkylation sites (tertiary alicyclic amines) is 1. The molecular weight excluding hydrogens is 280 g/mol. The fourth-order valence-electron chi connectivity index (χ4n) is 3.19. The van der Waals surface area contributed by atoms with Gasteiger partial charge in [0.1, 0.15) is 5.01 Å². The minimum atomic E-state index is 0.463. The number of thiazole rings is 1. The molecule has 0 amide bonds. The number of piperidine rings is 1. The lowest BCUT2D eigenvalue weighted by Gasteiger charge is -2.34. The molecule has 0 aromatic carbocycles. The second kappa shape index (κ2) is 5.58. The number of nitrogens with zero attached hydrogens (tertiary/aromatic N) is 4. The van der Waals surface area contributed by atoms with Gasteiger partial charge in [0.2, 0.25) is 0 Å². The summed E-state index contributed by atoms with van der Waals surface area (Å²) in [5.41, 5.74) is 2.41. The van der Waals surface area contributed by atoms with Crippen LogP contribution < -0.4 is 0 Å². The first kappa shape index (κ1) is 13.0. The molecule has 4 rings (SSSR count). The summed E-state index contributed by atoms with van der Waals surface area (Å²) in [4.78, 5) is 7.09. The van der Waals surface area contributed by atoms with Crippen LogP contribution in [0.25, 0.3) is 5.52 Å². The van der Waals surface area contributed by atoms with Crippen LogP contribution in [0.2, 0.25) is 0 Å². The van der Waals surface area contributed by atoms with Crippen LogP contribution in [0.1, 0.15) is 36.0 Å². The largest absolute Gasteiger partial charge is 0.288 e. The average Bonchev–Trinajstić information content (AvgIpc) is 3.20. The Balaban J connectivity index is 1.64. The van der Waals surface area contributed by atoms with Crippen LogP contribution in [0.3, 0.4) is 0 Å². The van der Waals surface area contributed by atoms with Crippen molar-refractivity contribution in [1.29, 1.82) is 0 Å².